The van der Waals surface area contributed by atoms with Gasteiger partial charge in [0.1, 0.15) is 0 Å². The fraction of sp³-hybridized carbons (Fsp3) is 0.214. The van der Waals surface area contributed by atoms with Gasteiger partial charge in [0, 0.05) is 22.4 Å². The van der Waals surface area contributed by atoms with Gasteiger partial charge in [0.2, 0.25) is 5.91 Å². The quantitative estimate of drug-likeness (QED) is 0.643. The summed E-state index contributed by atoms with van der Waals surface area (Å²) in [4.78, 5) is 29.6. The van der Waals surface area contributed by atoms with E-state index in [9.17, 15) is 9.59 Å². The van der Waals surface area contributed by atoms with E-state index in [1.807, 2.05) is 26.0 Å². The number of amides is 1. The molecule has 0 fully saturated rings. The normalized spacial score (nSPS) is 10.4. The third kappa shape index (κ3) is 4.18. The second-order valence-corrected chi connectivity index (χ2v) is 6.24. The van der Waals surface area contributed by atoms with Crippen LogP contribution in [-0.4, -0.2) is 21.6 Å². The highest BCUT2D eigenvalue weighted by atomic mass is 79.9. The van der Waals surface area contributed by atoms with Crippen LogP contribution in [-0.2, 0) is 4.79 Å². The van der Waals surface area contributed by atoms with E-state index < -0.39 is 0 Å². The SMILES string of the molecule is Cc1c(Br)ccc(NC(=O)CSc2nccc(=O)[nH]2)c1C. The molecule has 0 aliphatic rings. The molecular weight excluding hydrogens is 354 g/mol. The first-order valence-electron chi connectivity index (χ1n) is 6.21. The molecule has 2 N–H and O–H groups in total. The molecule has 1 amide bonds. The van der Waals surface area contributed by atoms with Gasteiger partial charge in [0.25, 0.3) is 5.56 Å². The van der Waals surface area contributed by atoms with Crippen molar-refractivity contribution < 1.29 is 4.79 Å². The van der Waals surface area contributed by atoms with Gasteiger partial charge in [-0.3, -0.25) is 9.59 Å². The highest BCUT2D eigenvalue weighted by molar-refractivity contribution is 9.10. The monoisotopic (exact) mass is 367 g/mol. The summed E-state index contributed by atoms with van der Waals surface area (Å²) in [5, 5.41) is 3.29. The Balaban J connectivity index is 1.99. The van der Waals surface area contributed by atoms with Crippen LogP contribution in [0, 0.1) is 13.8 Å². The lowest BCUT2D eigenvalue weighted by atomic mass is 10.1. The molecule has 1 heterocycles. The number of halogens is 1. The van der Waals surface area contributed by atoms with Crippen molar-refractivity contribution in [2.24, 2.45) is 0 Å². The van der Waals surface area contributed by atoms with Crippen molar-refractivity contribution in [2.45, 2.75) is 19.0 Å². The fourth-order valence-electron chi connectivity index (χ4n) is 1.67. The molecule has 0 bridgehead atoms. The summed E-state index contributed by atoms with van der Waals surface area (Å²) in [5.74, 6) is 0.0398. The molecule has 110 valence electrons. The number of aromatic nitrogens is 2. The Morgan fingerprint density at radius 3 is 2.81 bits per heavy atom. The van der Waals surface area contributed by atoms with Gasteiger partial charge < -0.3 is 10.3 Å². The smallest absolute Gasteiger partial charge is 0.251 e. The molecule has 2 rings (SSSR count). The second-order valence-electron chi connectivity index (χ2n) is 4.42. The van der Waals surface area contributed by atoms with Crippen molar-refractivity contribution in [2.75, 3.05) is 11.1 Å². The number of benzene rings is 1. The number of aromatic amines is 1. The maximum Gasteiger partial charge on any atom is 0.251 e. The van der Waals surface area contributed by atoms with E-state index in [1.165, 1.54) is 24.0 Å². The van der Waals surface area contributed by atoms with E-state index in [-0.39, 0.29) is 17.2 Å². The molecule has 2 aromatic rings. The van der Waals surface area contributed by atoms with Gasteiger partial charge in [-0.15, -0.1) is 0 Å². The molecular formula is C14H14BrN3O2S. The minimum Gasteiger partial charge on any atom is -0.325 e. The summed E-state index contributed by atoms with van der Waals surface area (Å²) < 4.78 is 1.01. The van der Waals surface area contributed by atoms with E-state index in [2.05, 4.69) is 31.2 Å². The molecule has 7 heteroatoms. The first kappa shape index (κ1) is 15.8. The van der Waals surface area contributed by atoms with Crippen molar-refractivity contribution in [1.29, 1.82) is 0 Å². The Morgan fingerprint density at radius 2 is 2.10 bits per heavy atom. The van der Waals surface area contributed by atoms with Crippen LogP contribution in [0.2, 0.25) is 0 Å². The zero-order valence-corrected chi connectivity index (χ0v) is 14.0. The van der Waals surface area contributed by atoms with Crippen molar-refractivity contribution >= 4 is 39.3 Å². The Hall–Kier alpha value is -1.60. The predicted molar refractivity (Wildman–Crippen MR) is 87.8 cm³/mol. The number of H-pyrrole nitrogens is 1. The summed E-state index contributed by atoms with van der Waals surface area (Å²) in [6.45, 7) is 3.95. The van der Waals surface area contributed by atoms with Gasteiger partial charge in [0.05, 0.1) is 5.75 Å². The van der Waals surface area contributed by atoms with E-state index in [1.54, 1.807) is 0 Å². The average molecular weight is 368 g/mol. The molecule has 0 spiro atoms. The largest absolute Gasteiger partial charge is 0.325 e. The van der Waals surface area contributed by atoms with Crippen molar-refractivity contribution in [1.82, 2.24) is 9.97 Å². The number of carbonyl (C=O) groups is 1. The predicted octanol–water partition coefficient (Wildman–Crippen LogP) is 2.88. The first-order chi connectivity index (χ1) is 9.97. The Kier molecular flexibility index (Phi) is 5.19. The van der Waals surface area contributed by atoms with Gasteiger partial charge in [-0.2, -0.15) is 0 Å². The Morgan fingerprint density at radius 1 is 1.33 bits per heavy atom. The maximum atomic E-state index is 12.0. The van der Waals surface area contributed by atoms with Gasteiger partial charge in [-0.25, -0.2) is 4.98 Å². The van der Waals surface area contributed by atoms with Gasteiger partial charge >= 0.3 is 0 Å². The highest BCUT2D eigenvalue weighted by Gasteiger charge is 2.09. The average Bonchev–Trinajstić information content (AvgIpc) is 2.46. The number of anilines is 1. The van der Waals surface area contributed by atoms with Crippen molar-refractivity contribution in [3.05, 3.63) is 50.3 Å². The number of rotatable bonds is 4. The van der Waals surface area contributed by atoms with E-state index >= 15 is 0 Å². The molecule has 21 heavy (non-hydrogen) atoms. The van der Waals surface area contributed by atoms with Gasteiger partial charge in [-0.05, 0) is 37.1 Å². The third-order valence-corrected chi connectivity index (χ3v) is 4.73. The topological polar surface area (TPSA) is 74.8 Å². The number of thioether (sulfide) groups is 1. The van der Waals surface area contributed by atoms with Crippen LogP contribution < -0.4 is 10.9 Å². The summed E-state index contributed by atoms with van der Waals surface area (Å²) in [5.41, 5.74) is 2.67. The molecule has 0 atom stereocenters. The summed E-state index contributed by atoms with van der Waals surface area (Å²) in [6.07, 6.45) is 1.42. The number of nitrogens with zero attached hydrogens (tertiary/aromatic N) is 1. The van der Waals surface area contributed by atoms with Crippen molar-refractivity contribution in [3.63, 3.8) is 0 Å². The van der Waals surface area contributed by atoms with Crippen LogP contribution in [0.4, 0.5) is 5.69 Å². The van der Waals surface area contributed by atoms with E-state index in [0.29, 0.717) is 5.16 Å². The van der Waals surface area contributed by atoms with Crippen molar-refractivity contribution in [3.8, 4) is 0 Å². The van der Waals surface area contributed by atoms with Crippen LogP contribution in [0.25, 0.3) is 0 Å². The fourth-order valence-corrected chi connectivity index (χ4v) is 2.75. The van der Waals surface area contributed by atoms with Crippen LogP contribution in [0.1, 0.15) is 11.1 Å². The number of carbonyl (C=O) groups excluding carboxylic acids is 1. The van der Waals surface area contributed by atoms with Crippen LogP contribution in [0.5, 0.6) is 0 Å². The zero-order chi connectivity index (χ0) is 15.4. The van der Waals surface area contributed by atoms with Gasteiger partial charge in [-0.1, -0.05) is 27.7 Å². The molecule has 0 unspecified atom stereocenters. The number of nitrogens with one attached hydrogen (secondary N) is 2. The van der Waals surface area contributed by atoms with Crippen LogP contribution in [0.15, 0.2) is 38.8 Å². The lowest BCUT2D eigenvalue weighted by molar-refractivity contribution is -0.113. The summed E-state index contributed by atoms with van der Waals surface area (Å²) in [6, 6.07) is 5.09. The molecule has 0 radical (unpaired) electrons. The molecule has 1 aromatic heterocycles. The molecule has 1 aromatic carbocycles. The standard InChI is InChI=1S/C14H14BrN3O2S/c1-8-9(2)11(4-3-10(8)15)17-13(20)7-21-14-16-6-5-12(19)18-14/h3-6H,7H2,1-2H3,(H,17,20)(H,16,18,19). The Labute approximate surface area is 134 Å². The first-order valence-corrected chi connectivity index (χ1v) is 7.99. The lowest BCUT2D eigenvalue weighted by Gasteiger charge is -2.11. The molecule has 0 saturated carbocycles. The van der Waals surface area contributed by atoms with Crippen LogP contribution >= 0.6 is 27.7 Å². The zero-order valence-electron chi connectivity index (χ0n) is 11.6. The third-order valence-electron chi connectivity index (χ3n) is 2.98. The molecule has 0 aliphatic carbocycles. The second kappa shape index (κ2) is 6.91. The molecule has 5 nitrogen and oxygen atoms in total. The molecule has 0 aliphatic heterocycles. The van der Waals surface area contributed by atoms with Gasteiger partial charge in [0.15, 0.2) is 5.16 Å². The Bertz CT molecular complexity index is 730. The summed E-state index contributed by atoms with van der Waals surface area (Å²) in [7, 11) is 0. The van der Waals surface area contributed by atoms with Crippen LogP contribution in [0.3, 0.4) is 0 Å². The van der Waals surface area contributed by atoms with E-state index in [0.717, 1.165) is 21.3 Å². The number of hydrogen-bond donors (Lipinski definition) is 2. The molecule has 0 saturated heterocycles. The highest BCUT2D eigenvalue weighted by Crippen LogP contribution is 2.26. The maximum absolute atomic E-state index is 12.0. The number of hydrogen-bond acceptors (Lipinski definition) is 4. The minimum absolute atomic E-state index is 0.142. The lowest BCUT2D eigenvalue weighted by Crippen LogP contribution is -2.16. The summed E-state index contributed by atoms with van der Waals surface area (Å²) >= 11 is 4.64. The van der Waals surface area contributed by atoms with E-state index in [4.69, 9.17) is 0 Å². The minimum atomic E-state index is -0.229.